The molecule has 1 atom stereocenters. The number of likely N-dealkylation sites (tertiary alicyclic amines) is 1. The van der Waals surface area contributed by atoms with E-state index in [0.717, 1.165) is 19.6 Å². The van der Waals surface area contributed by atoms with Gasteiger partial charge in [-0.1, -0.05) is 25.1 Å². The highest BCUT2D eigenvalue weighted by molar-refractivity contribution is 5.33. The second-order valence-electron chi connectivity index (χ2n) is 5.83. The first kappa shape index (κ1) is 12.6. The third-order valence-electron chi connectivity index (χ3n) is 4.24. The van der Waals surface area contributed by atoms with E-state index in [1.165, 1.54) is 29.7 Å². The van der Waals surface area contributed by atoms with Crippen LogP contribution >= 0.6 is 0 Å². The number of aryl methyl sites for hydroxylation is 1. The molecule has 1 fully saturated rings. The van der Waals surface area contributed by atoms with Gasteiger partial charge >= 0.3 is 0 Å². The quantitative estimate of drug-likeness (QED) is 0.867. The van der Waals surface area contributed by atoms with Crippen molar-refractivity contribution in [2.24, 2.45) is 11.1 Å². The zero-order valence-electron chi connectivity index (χ0n) is 11.3. The SMILES string of the molecule is Cc1cccc(CN2CCC(C)(CN)C2)c1C. The van der Waals surface area contributed by atoms with Gasteiger partial charge in [0.2, 0.25) is 0 Å². The third kappa shape index (κ3) is 2.70. The molecule has 94 valence electrons. The fourth-order valence-corrected chi connectivity index (χ4v) is 2.65. The Morgan fingerprint density at radius 2 is 2.12 bits per heavy atom. The van der Waals surface area contributed by atoms with Gasteiger partial charge in [-0.25, -0.2) is 0 Å². The normalized spacial score (nSPS) is 25.4. The van der Waals surface area contributed by atoms with E-state index < -0.39 is 0 Å². The molecule has 17 heavy (non-hydrogen) atoms. The Bertz CT molecular complexity index is 400. The van der Waals surface area contributed by atoms with Crippen LogP contribution in [0.25, 0.3) is 0 Å². The van der Waals surface area contributed by atoms with Crippen LogP contribution < -0.4 is 5.73 Å². The van der Waals surface area contributed by atoms with Crippen molar-refractivity contribution in [3.63, 3.8) is 0 Å². The van der Waals surface area contributed by atoms with Gasteiger partial charge in [-0.2, -0.15) is 0 Å². The summed E-state index contributed by atoms with van der Waals surface area (Å²) in [4.78, 5) is 2.54. The van der Waals surface area contributed by atoms with Crippen molar-refractivity contribution in [1.29, 1.82) is 0 Å². The van der Waals surface area contributed by atoms with E-state index in [9.17, 15) is 0 Å². The minimum absolute atomic E-state index is 0.331. The molecule has 1 unspecified atom stereocenters. The molecule has 2 rings (SSSR count). The number of rotatable bonds is 3. The number of nitrogens with two attached hydrogens (primary N) is 1. The lowest BCUT2D eigenvalue weighted by molar-refractivity contribution is 0.274. The lowest BCUT2D eigenvalue weighted by Crippen LogP contribution is -2.31. The Morgan fingerprint density at radius 3 is 2.76 bits per heavy atom. The largest absolute Gasteiger partial charge is 0.330 e. The molecule has 0 bridgehead atoms. The summed E-state index contributed by atoms with van der Waals surface area (Å²) in [6.07, 6.45) is 1.23. The highest BCUT2D eigenvalue weighted by Gasteiger charge is 2.32. The molecule has 0 amide bonds. The van der Waals surface area contributed by atoms with E-state index in [1.807, 2.05) is 0 Å². The van der Waals surface area contributed by atoms with Crippen LogP contribution in [0.1, 0.15) is 30.0 Å². The van der Waals surface area contributed by atoms with E-state index in [-0.39, 0.29) is 0 Å². The van der Waals surface area contributed by atoms with Gasteiger partial charge in [-0.3, -0.25) is 4.90 Å². The van der Waals surface area contributed by atoms with E-state index in [2.05, 4.69) is 43.9 Å². The highest BCUT2D eigenvalue weighted by Crippen LogP contribution is 2.30. The molecule has 0 aromatic heterocycles. The van der Waals surface area contributed by atoms with Gasteiger partial charge in [-0.15, -0.1) is 0 Å². The van der Waals surface area contributed by atoms with Crippen molar-refractivity contribution in [2.45, 2.75) is 33.7 Å². The van der Waals surface area contributed by atoms with Gasteiger partial charge in [0.15, 0.2) is 0 Å². The van der Waals surface area contributed by atoms with Crippen LogP contribution in [-0.4, -0.2) is 24.5 Å². The van der Waals surface area contributed by atoms with Crippen LogP contribution in [0.15, 0.2) is 18.2 Å². The molecule has 2 heteroatoms. The number of nitrogens with zero attached hydrogens (tertiary/aromatic N) is 1. The zero-order valence-corrected chi connectivity index (χ0v) is 11.3. The molecule has 1 aliphatic rings. The second kappa shape index (κ2) is 4.79. The number of hydrogen-bond acceptors (Lipinski definition) is 2. The third-order valence-corrected chi connectivity index (χ3v) is 4.24. The minimum Gasteiger partial charge on any atom is -0.330 e. The zero-order chi connectivity index (χ0) is 12.5. The predicted octanol–water partition coefficient (Wildman–Crippen LogP) is 2.47. The van der Waals surface area contributed by atoms with Gasteiger partial charge in [0.25, 0.3) is 0 Å². The monoisotopic (exact) mass is 232 g/mol. The predicted molar refractivity (Wildman–Crippen MR) is 73.0 cm³/mol. The maximum absolute atomic E-state index is 5.85. The summed E-state index contributed by atoms with van der Waals surface area (Å²) < 4.78 is 0. The fourth-order valence-electron chi connectivity index (χ4n) is 2.65. The maximum atomic E-state index is 5.85. The Balaban J connectivity index is 2.05. The fraction of sp³-hybridized carbons (Fsp3) is 0.600. The van der Waals surface area contributed by atoms with Crippen molar-refractivity contribution in [2.75, 3.05) is 19.6 Å². The van der Waals surface area contributed by atoms with E-state index in [0.29, 0.717) is 5.41 Å². The second-order valence-corrected chi connectivity index (χ2v) is 5.83. The van der Waals surface area contributed by atoms with Gasteiger partial charge in [0, 0.05) is 13.1 Å². The summed E-state index contributed by atoms with van der Waals surface area (Å²) in [6.45, 7) is 10.9. The highest BCUT2D eigenvalue weighted by atomic mass is 15.2. The molecule has 1 aliphatic heterocycles. The summed E-state index contributed by atoms with van der Waals surface area (Å²) in [5.74, 6) is 0. The van der Waals surface area contributed by atoms with Gasteiger partial charge in [0.05, 0.1) is 0 Å². The molecule has 1 saturated heterocycles. The molecule has 0 aliphatic carbocycles. The first-order valence-electron chi connectivity index (χ1n) is 6.52. The van der Waals surface area contributed by atoms with Crippen molar-refractivity contribution >= 4 is 0 Å². The summed E-state index contributed by atoms with van der Waals surface area (Å²) >= 11 is 0. The van der Waals surface area contributed by atoms with E-state index in [4.69, 9.17) is 5.73 Å². The molecule has 1 aromatic rings. The Labute approximate surface area is 105 Å². The smallest absolute Gasteiger partial charge is 0.0236 e. The Kier molecular flexibility index (Phi) is 3.55. The number of benzene rings is 1. The van der Waals surface area contributed by atoms with Crippen LogP contribution in [0.4, 0.5) is 0 Å². The van der Waals surface area contributed by atoms with Crippen LogP contribution in [0, 0.1) is 19.3 Å². The van der Waals surface area contributed by atoms with Gasteiger partial charge < -0.3 is 5.73 Å². The average Bonchev–Trinajstić information content (AvgIpc) is 2.68. The maximum Gasteiger partial charge on any atom is 0.0236 e. The molecule has 1 heterocycles. The standard InChI is InChI=1S/C15H24N2/c1-12-5-4-6-14(13(12)2)9-17-8-7-15(3,10-16)11-17/h4-6H,7-11,16H2,1-3H3. The van der Waals surface area contributed by atoms with Crippen LogP contribution in [0.2, 0.25) is 0 Å². The van der Waals surface area contributed by atoms with Crippen LogP contribution in [0.5, 0.6) is 0 Å². The van der Waals surface area contributed by atoms with Gasteiger partial charge in [-0.05, 0) is 55.5 Å². The molecule has 1 aromatic carbocycles. The van der Waals surface area contributed by atoms with E-state index in [1.54, 1.807) is 0 Å². The molecule has 2 N–H and O–H groups in total. The lowest BCUT2D eigenvalue weighted by atomic mass is 9.90. The van der Waals surface area contributed by atoms with Crippen molar-refractivity contribution in [1.82, 2.24) is 4.90 Å². The summed E-state index contributed by atoms with van der Waals surface area (Å²) in [7, 11) is 0. The molecule has 0 radical (unpaired) electrons. The molecule has 2 nitrogen and oxygen atoms in total. The first-order valence-corrected chi connectivity index (χ1v) is 6.52. The molecule has 0 spiro atoms. The van der Waals surface area contributed by atoms with Crippen molar-refractivity contribution < 1.29 is 0 Å². The summed E-state index contributed by atoms with van der Waals surface area (Å²) in [6, 6.07) is 6.60. The summed E-state index contributed by atoms with van der Waals surface area (Å²) in [5, 5.41) is 0. The average molecular weight is 232 g/mol. The topological polar surface area (TPSA) is 29.3 Å². The minimum atomic E-state index is 0.331. The van der Waals surface area contributed by atoms with Crippen LogP contribution in [-0.2, 0) is 6.54 Å². The Morgan fingerprint density at radius 1 is 1.35 bits per heavy atom. The molecule has 0 saturated carbocycles. The van der Waals surface area contributed by atoms with Crippen molar-refractivity contribution in [3.05, 3.63) is 34.9 Å². The Hall–Kier alpha value is -0.860. The number of hydrogen-bond donors (Lipinski definition) is 1. The summed E-state index contributed by atoms with van der Waals surface area (Å²) in [5.41, 5.74) is 10.5. The lowest BCUT2D eigenvalue weighted by Gasteiger charge is -2.23. The van der Waals surface area contributed by atoms with Gasteiger partial charge in [0.1, 0.15) is 0 Å². The first-order chi connectivity index (χ1) is 8.04. The van der Waals surface area contributed by atoms with Crippen molar-refractivity contribution in [3.8, 4) is 0 Å². The van der Waals surface area contributed by atoms with E-state index >= 15 is 0 Å². The molecular weight excluding hydrogens is 208 g/mol. The van der Waals surface area contributed by atoms with Crippen LogP contribution in [0.3, 0.4) is 0 Å². The molecular formula is C15H24N2.